The lowest BCUT2D eigenvalue weighted by atomic mass is 9.70. The van der Waals surface area contributed by atoms with Gasteiger partial charge in [-0.25, -0.2) is 0 Å². The topological polar surface area (TPSA) is 29.5 Å². The van der Waals surface area contributed by atoms with Crippen molar-refractivity contribution in [2.24, 2.45) is 5.41 Å². The van der Waals surface area contributed by atoms with E-state index in [2.05, 4.69) is 13.8 Å². The summed E-state index contributed by atoms with van der Waals surface area (Å²) in [7, 11) is 0. The van der Waals surface area contributed by atoms with Crippen LogP contribution in [-0.2, 0) is 4.74 Å². The van der Waals surface area contributed by atoms with Gasteiger partial charge in [0.1, 0.15) is 0 Å². The minimum absolute atomic E-state index is 0.282. The van der Waals surface area contributed by atoms with Gasteiger partial charge in [-0.2, -0.15) is 0 Å². The summed E-state index contributed by atoms with van der Waals surface area (Å²) >= 11 is 0. The summed E-state index contributed by atoms with van der Waals surface area (Å²) in [6.45, 7) is 7.62. The third-order valence-electron chi connectivity index (χ3n) is 2.88. The van der Waals surface area contributed by atoms with Crippen LogP contribution in [0.25, 0.3) is 0 Å². The zero-order valence-corrected chi connectivity index (χ0v) is 9.10. The molecule has 13 heavy (non-hydrogen) atoms. The minimum Gasteiger partial charge on any atom is -0.387 e. The van der Waals surface area contributed by atoms with Gasteiger partial charge >= 0.3 is 0 Å². The molecule has 1 rings (SSSR count). The smallest absolute Gasteiger partial charge is 0.0885 e. The average Bonchev–Trinajstić information content (AvgIpc) is 1.98. The molecule has 1 saturated carbocycles. The van der Waals surface area contributed by atoms with Crippen molar-refractivity contribution in [1.82, 2.24) is 0 Å². The summed E-state index contributed by atoms with van der Waals surface area (Å²) in [6, 6.07) is 0. The van der Waals surface area contributed by atoms with Crippen molar-refractivity contribution in [2.75, 3.05) is 13.2 Å². The van der Waals surface area contributed by atoms with Gasteiger partial charge in [-0.1, -0.05) is 13.8 Å². The summed E-state index contributed by atoms with van der Waals surface area (Å²) < 4.78 is 5.32. The van der Waals surface area contributed by atoms with Gasteiger partial charge in [0.15, 0.2) is 0 Å². The molecule has 1 atom stereocenters. The molecule has 1 N–H and O–H groups in total. The number of ether oxygens (including phenoxy) is 1. The van der Waals surface area contributed by atoms with E-state index in [-0.39, 0.29) is 5.41 Å². The Balaban J connectivity index is 2.47. The Morgan fingerprint density at radius 2 is 2.00 bits per heavy atom. The van der Waals surface area contributed by atoms with Crippen molar-refractivity contribution >= 4 is 0 Å². The standard InChI is InChI=1S/C11H22O2/c1-4-13-9-11(12)7-5-6-10(2,3)8-11/h12H,4-9H2,1-3H3. The molecular weight excluding hydrogens is 164 g/mol. The molecule has 1 aliphatic carbocycles. The largest absolute Gasteiger partial charge is 0.387 e. The Labute approximate surface area is 81.3 Å². The molecule has 1 unspecified atom stereocenters. The second-order valence-electron chi connectivity index (χ2n) is 5.06. The second-order valence-corrected chi connectivity index (χ2v) is 5.06. The molecule has 0 aromatic rings. The van der Waals surface area contributed by atoms with Crippen LogP contribution in [0, 0.1) is 5.41 Å². The Bertz CT molecular complexity index is 165. The maximum absolute atomic E-state index is 10.2. The molecule has 0 aliphatic heterocycles. The molecule has 0 saturated heterocycles. The van der Waals surface area contributed by atoms with E-state index in [0.717, 1.165) is 19.3 Å². The van der Waals surface area contributed by atoms with E-state index < -0.39 is 5.60 Å². The fraction of sp³-hybridized carbons (Fsp3) is 1.00. The SMILES string of the molecule is CCOCC1(O)CCCC(C)(C)C1. The van der Waals surface area contributed by atoms with Crippen molar-refractivity contribution in [3.63, 3.8) is 0 Å². The number of hydrogen-bond donors (Lipinski definition) is 1. The predicted octanol–water partition coefficient (Wildman–Crippen LogP) is 2.35. The van der Waals surface area contributed by atoms with Crippen LogP contribution < -0.4 is 0 Å². The van der Waals surface area contributed by atoms with Crippen LogP contribution in [0.4, 0.5) is 0 Å². The van der Waals surface area contributed by atoms with Gasteiger partial charge in [0.2, 0.25) is 0 Å². The maximum atomic E-state index is 10.2. The number of hydrogen-bond acceptors (Lipinski definition) is 2. The van der Waals surface area contributed by atoms with Gasteiger partial charge in [-0.3, -0.25) is 0 Å². The summed E-state index contributed by atoms with van der Waals surface area (Å²) in [6.07, 6.45) is 4.12. The number of rotatable bonds is 3. The lowest BCUT2D eigenvalue weighted by Gasteiger charge is -2.41. The van der Waals surface area contributed by atoms with E-state index in [1.54, 1.807) is 0 Å². The first-order valence-electron chi connectivity index (χ1n) is 5.28. The summed E-state index contributed by atoms with van der Waals surface area (Å²) in [5.74, 6) is 0. The molecule has 0 radical (unpaired) electrons. The first-order valence-corrected chi connectivity index (χ1v) is 5.28. The van der Waals surface area contributed by atoms with Crippen molar-refractivity contribution in [3.8, 4) is 0 Å². The van der Waals surface area contributed by atoms with E-state index in [0.29, 0.717) is 13.2 Å². The Morgan fingerprint density at radius 1 is 1.31 bits per heavy atom. The Kier molecular flexibility index (Phi) is 3.36. The van der Waals surface area contributed by atoms with E-state index in [4.69, 9.17) is 4.74 Å². The fourth-order valence-electron chi connectivity index (χ4n) is 2.38. The lowest BCUT2D eigenvalue weighted by molar-refractivity contribution is -0.0927. The molecule has 0 bridgehead atoms. The fourth-order valence-corrected chi connectivity index (χ4v) is 2.38. The molecule has 1 fully saturated rings. The molecule has 1 aliphatic rings. The van der Waals surface area contributed by atoms with Crippen LogP contribution >= 0.6 is 0 Å². The van der Waals surface area contributed by atoms with Crippen molar-refractivity contribution in [3.05, 3.63) is 0 Å². The highest BCUT2D eigenvalue weighted by Crippen LogP contribution is 2.40. The van der Waals surface area contributed by atoms with Gasteiger partial charge in [0.25, 0.3) is 0 Å². The van der Waals surface area contributed by atoms with Crippen LogP contribution in [0.2, 0.25) is 0 Å². The van der Waals surface area contributed by atoms with Gasteiger partial charge in [0.05, 0.1) is 12.2 Å². The summed E-state index contributed by atoms with van der Waals surface area (Å²) in [5, 5.41) is 10.2. The van der Waals surface area contributed by atoms with Gasteiger partial charge in [-0.05, 0) is 38.0 Å². The molecule has 0 aromatic heterocycles. The van der Waals surface area contributed by atoms with E-state index >= 15 is 0 Å². The monoisotopic (exact) mass is 186 g/mol. The zero-order chi connectivity index (χ0) is 9.95. The van der Waals surface area contributed by atoms with Gasteiger partial charge in [0, 0.05) is 6.61 Å². The highest BCUT2D eigenvalue weighted by Gasteiger charge is 2.38. The summed E-state index contributed by atoms with van der Waals surface area (Å²) in [4.78, 5) is 0. The van der Waals surface area contributed by atoms with Crippen LogP contribution in [0.5, 0.6) is 0 Å². The first kappa shape index (κ1) is 11.0. The van der Waals surface area contributed by atoms with Crippen LogP contribution in [-0.4, -0.2) is 23.9 Å². The first-order chi connectivity index (χ1) is 5.97. The molecule has 78 valence electrons. The van der Waals surface area contributed by atoms with Crippen molar-refractivity contribution < 1.29 is 9.84 Å². The molecule has 0 amide bonds. The Morgan fingerprint density at radius 3 is 2.54 bits per heavy atom. The van der Waals surface area contributed by atoms with E-state index in [9.17, 15) is 5.11 Å². The van der Waals surface area contributed by atoms with Crippen LogP contribution in [0.3, 0.4) is 0 Å². The highest BCUT2D eigenvalue weighted by molar-refractivity contribution is 4.90. The van der Waals surface area contributed by atoms with Crippen molar-refractivity contribution in [2.45, 2.75) is 52.1 Å². The highest BCUT2D eigenvalue weighted by atomic mass is 16.5. The Hall–Kier alpha value is -0.0800. The average molecular weight is 186 g/mol. The lowest BCUT2D eigenvalue weighted by Crippen LogP contribution is -2.42. The normalized spacial score (nSPS) is 33.2. The van der Waals surface area contributed by atoms with Crippen molar-refractivity contribution in [1.29, 1.82) is 0 Å². The number of aliphatic hydroxyl groups is 1. The molecule has 0 heterocycles. The van der Waals surface area contributed by atoms with E-state index in [1.807, 2.05) is 6.92 Å². The van der Waals surface area contributed by atoms with Crippen LogP contribution in [0.1, 0.15) is 46.5 Å². The van der Waals surface area contributed by atoms with Gasteiger partial charge < -0.3 is 9.84 Å². The quantitative estimate of drug-likeness (QED) is 0.733. The zero-order valence-electron chi connectivity index (χ0n) is 9.10. The molecular formula is C11H22O2. The van der Waals surface area contributed by atoms with E-state index in [1.165, 1.54) is 6.42 Å². The maximum Gasteiger partial charge on any atom is 0.0885 e. The third-order valence-corrected chi connectivity index (χ3v) is 2.88. The molecule has 0 spiro atoms. The molecule has 0 aromatic carbocycles. The predicted molar refractivity (Wildman–Crippen MR) is 53.7 cm³/mol. The summed E-state index contributed by atoms with van der Waals surface area (Å²) in [5.41, 5.74) is -0.276. The third kappa shape index (κ3) is 3.28. The minimum atomic E-state index is -0.558. The van der Waals surface area contributed by atoms with Crippen LogP contribution in [0.15, 0.2) is 0 Å². The molecule has 2 heteroatoms. The van der Waals surface area contributed by atoms with Gasteiger partial charge in [-0.15, -0.1) is 0 Å². The second kappa shape index (κ2) is 3.97. The molecule has 2 nitrogen and oxygen atoms in total.